The second-order valence-corrected chi connectivity index (χ2v) is 0.743. The van der Waals surface area contributed by atoms with E-state index in [1.165, 1.54) is 0 Å². The first-order valence-electron chi connectivity index (χ1n) is 1.01. The van der Waals surface area contributed by atoms with Crippen LogP contribution in [-0.2, 0) is 0 Å². The van der Waals surface area contributed by atoms with Crippen LogP contribution in [-0.4, -0.2) is 11.8 Å². The molecule has 0 bridgehead atoms. The molecule has 0 radical (unpaired) electrons. The average Bonchev–Trinajstić information content (AvgIpc) is 1.38. The zero-order chi connectivity index (χ0) is 4.28. The molecule has 0 aromatic heterocycles. The van der Waals surface area contributed by atoms with Gasteiger partial charge in [0, 0.05) is 5.37 Å². The molecule has 5 heavy (non-hydrogen) atoms. The van der Waals surface area contributed by atoms with Crippen LogP contribution >= 0.6 is 12.2 Å². The lowest BCUT2D eigenvalue weighted by molar-refractivity contribution is 0.234. The first kappa shape index (κ1) is 4.95. The minimum absolute atomic E-state index is 0.417. The minimum atomic E-state index is -2.43. The van der Waals surface area contributed by atoms with Crippen LogP contribution in [0.2, 0.25) is 0 Å². The van der Waals surface area contributed by atoms with Gasteiger partial charge in [-0.05, 0) is 0 Å². The van der Waals surface area contributed by atoms with E-state index >= 15 is 0 Å². The first-order chi connectivity index (χ1) is 2.27. The second kappa shape index (κ2) is 2.20. The molecule has 0 fully saturated rings. The normalized spacial score (nSPS) is 8.60. The van der Waals surface area contributed by atoms with Crippen molar-refractivity contribution in [1.29, 1.82) is 0 Å². The van der Waals surface area contributed by atoms with Gasteiger partial charge in [0.05, 0.1) is 0 Å². The first-order valence-corrected chi connectivity index (χ1v) is 1.48. The van der Waals surface area contributed by atoms with Crippen LogP contribution in [0.3, 0.4) is 0 Å². The molecular weight excluding hydrogens is 94.1 g/mol. The van der Waals surface area contributed by atoms with Crippen molar-refractivity contribution in [2.24, 2.45) is 0 Å². The fourth-order valence-electron chi connectivity index (χ4n) is 0. The van der Waals surface area contributed by atoms with E-state index in [2.05, 4.69) is 12.2 Å². The van der Waals surface area contributed by atoms with Crippen molar-refractivity contribution in [1.82, 2.24) is 0 Å². The minimum Gasteiger partial charge on any atom is -0.205 e. The summed E-state index contributed by atoms with van der Waals surface area (Å²) in [6.45, 7) is 0. The molecule has 0 unspecified atom stereocenters. The summed E-state index contributed by atoms with van der Waals surface area (Å²) in [5.74, 6) is 0. The molecule has 30 valence electrons. The molecule has 3 heteroatoms. The summed E-state index contributed by atoms with van der Waals surface area (Å²) in [4.78, 5) is 0. The quantitative estimate of drug-likeness (QED) is 0.443. The second-order valence-electron chi connectivity index (χ2n) is 0.471. The van der Waals surface area contributed by atoms with Crippen molar-refractivity contribution >= 4 is 17.6 Å². The van der Waals surface area contributed by atoms with Gasteiger partial charge in [0.15, 0.2) is 0 Å². The van der Waals surface area contributed by atoms with Gasteiger partial charge in [-0.25, -0.2) is 8.78 Å². The number of hydrogen-bond donors (Lipinski definition) is 0. The fraction of sp³-hybridized carbons (Fsp3) is 0.500. The predicted molar refractivity (Wildman–Crippen MR) is 19.7 cm³/mol. The maximum atomic E-state index is 10.6. The van der Waals surface area contributed by atoms with E-state index in [-0.39, 0.29) is 0 Å². The molecular formula is C2H2F2S. The third-order valence-corrected chi connectivity index (χ3v) is 0.309. The lowest BCUT2D eigenvalue weighted by atomic mass is 10.9. The Hall–Kier alpha value is -0.0500. The summed E-state index contributed by atoms with van der Waals surface area (Å²) < 4.78 is 21.2. The Morgan fingerprint density at radius 1 is 1.60 bits per heavy atom. The van der Waals surface area contributed by atoms with E-state index in [1.54, 1.807) is 0 Å². The molecule has 0 N–H and O–H groups in total. The molecule has 0 heterocycles. The molecule has 0 aliphatic carbocycles. The molecule has 0 aromatic rings. The van der Waals surface area contributed by atoms with Gasteiger partial charge in [-0.3, -0.25) is 0 Å². The van der Waals surface area contributed by atoms with Crippen molar-refractivity contribution in [2.45, 2.75) is 6.43 Å². The third kappa shape index (κ3) is 3.95. The molecule has 0 saturated heterocycles. The Bertz CT molecular complexity index is 34.6. The van der Waals surface area contributed by atoms with Crippen molar-refractivity contribution in [3.8, 4) is 0 Å². The maximum Gasteiger partial charge on any atom is 0.267 e. The highest BCUT2D eigenvalue weighted by molar-refractivity contribution is 7.79. The van der Waals surface area contributed by atoms with Crippen molar-refractivity contribution in [2.75, 3.05) is 0 Å². The predicted octanol–water partition coefficient (Wildman–Crippen LogP) is 1.25. The summed E-state index contributed by atoms with van der Waals surface area (Å²) in [5, 5.41) is 0.417. The SMILES string of the molecule is FC(F)C=S. The van der Waals surface area contributed by atoms with Gasteiger partial charge in [-0.15, -0.1) is 0 Å². The van der Waals surface area contributed by atoms with Gasteiger partial charge in [-0.1, -0.05) is 12.2 Å². The third-order valence-electron chi connectivity index (χ3n) is 0.103. The van der Waals surface area contributed by atoms with Crippen molar-refractivity contribution in [3.63, 3.8) is 0 Å². The number of halogens is 2. The largest absolute Gasteiger partial charge is 0.267 e. The fourth-order valence-corrected chi connectivity index (χ4v) is 0. The number of hydrogen-bond acceptors (Lipinski definition) is 1. The van der Waals surface area contributed by atoms with Crippen LogP contribution in [0, 0.1) is 0 Å². The smallest absolute Gasteiger partial charge is 0.205 e. The van der Waals surface area contributed by atoms with E-state index in [9.17, 15) is 8.78 Å². The van der Waals surface area contributed by atoms with Crippen molar-refractivity contribution in [3.05, 3.63) is 0 Å². The van der Waals surface area contributed by atoms with Gasteiger partial charge in [0.2, 0.25) is 0 Å². The molecule has 0 atom stereocenters. The summed E-state index contributed by atoms with van der Waals surface area (Å²) in [6.07, 6.45) is -2.43. The van der Waals surface area contributed by atoms with E-state index in [0.29, 0.717) is 5.37 Å². The summed E-state index contributed by atoms with van der Waals surface area (Å²) in [7, 11) is 0. The number of alkyl halides is 2. The standard InChI is InChI=1S/C2H2F2S/c3-2(4)1-5/h1-2H. The average molecular weight is 96.1 g/mol. The Kier molecular flexibility index (Phi) is 2.18. The number of rotatable bonds is 1. The van der Waals surface area contributed by atoms with Gasteiger partial charge in [0.1, 0.15) is 0 Å². The van der Waals surface area contributed by atoms with Crippen molar-refractivity contribution < 1.29 is 8.78 Å². The Labute approximate surface area is 33.8 Å². The highest BCUT2D eigenvalue weighted by Gasteiger charge is 1.87. The molecule has 0 rings (SSSR count). The van der Waals surface area contributed by atoms with Crippen LogP contribution in [0.15, 0.2) is 0 Å². The molecule has 0 spiro atoms. The van der Waals surface area contributed by atoms with Gasteiger partial charge in [0.25, 0.3) is 6.43 Å². The summed E-state index contributed by atoms with van der Waals surface area (Å²) in [5.41, 5.74) is 0. The molecule has 0 amide bonds. The molecule has 0 aliphatic rings. The van der Waals surface area contributed by atoms with E-state index in [1.807, 2.05) is 0 Å². The highest BCUT2D eigenvalue weighted by Crippen LogP contribution is 1.82. The lowest BCUT2D eigenvalue weighted by Gasteiger charge is -1.73. The Balaban J connectivity index is 2.83. The summed E-state index contributed by atoms with van der Waals surface area (Å²) >= 11 is 3.80. The van der Waals surface area contributed by atoms with Crippen LogP contribution in [0.4, 0.5) is 8.78 Å². The van der Waals surface area contributed by atoms with Crippen LogP contribution in [0.5, 0.6) is 0 Å². The van der Waals surface area contributed by atoms with Gasteiger partial charge >= 0.3 is 0 Å². The van der Waals surface area contributed by atoms with Crippen LogP contribution < -0.4 is 0 Å². The zero-order valence-electron chi connectivity index (χ0n) is 2.32. The van der Waals surface area contributed by atoms with Gasteiger partial charge < -0.3 is 0 Å². The Morgan fingerprint density at radius 3 is 1.80 bits per heavy atom. The highest BCUT2D eigenvalue weighted by atomic mass is 32.1. The molecule has 0 aliphatic heterocycles. The van der Waals surface area contributed by atoms with E-state index in [4.69, 9.17) is 0 Å². The molecule has 0 nitrogen and oxygen atoms in total. The maximum absolute atomic E-state index is 10.6. The monoisotopic (exact) mass is 96.0 g/mol. The zero-order valence-corrected chi connectivity index (χ0v) is 3.14. The van der Waals surface area contributed by atoms with E-state index < -0.39 is 6.43 Å². The van der Waals surface area contributed by atoms with Crippen LogP contribution in [0.1, 0.15) is 0 Å². The van der Waals surface area contributed by atoms with Gasteiger partial charge in [-0.2, -0.15) is 0 Å². The molecule has 0 aromatic carbocycles. The van der Waals surface area contributed by atoms with E-state index in [0.717, 1.165) is 0 Å². The summed E-state index contributed by atoms with van der Waals surface area (Å²) in [6, 6.07) is 0. The molecule has 0 saturated carbocycles. The lowest BCUT2D eigenvalue weighted by Crippen LogP contribution is -1.83. The number of thiocarbonyl (C=S) groups is 1. The Morgan fingerprint density at radius 2 is 1.80 bits per heavy atom. The van der Waals surface area contributed by atoms with Crippen LogP contribution in [0.25, 0.3) is 0 Å². The topological polar surface area (TPSA) is 0 Å².